The highest BCUT2D eigenvalue weighted by atomic mass is 16.8. The molecular weight excluding hydrogens is 608 g/mol. The molecule has 1 unspecified atom stereocenters. The topological polar surface area (TPSA) is 188 Å². The summed E-state index contributed by atoms with van der Waals surface area (Å²) in [6.07, 6.45) is -2.75. The summed E-state index contributed by atoms with van der Waals surface area (Å²) in [5, 5.41) is 17.1. The molecule has 256 valence electrons. The molecule has 2 aliphatic heterocycles. The molecule has 6 N–H and O–H groups in total. The molecule has 0 saturated carbocycles. The number of benzene rings is 2. The number of nitrogens with two attached hydrogens (primary N) is 1. The molecule has 2 aromatic rings. The van der Waals surface area contributed by atoms with Crippen molar-refractivity contribution in [3.63, 3.8) is 0 Å². The van der Waals surface area contributed by atoms with Gasteiger partial charge in [0.25, 0.3) is 0 Å². The number of amides is 3. The quantitative estimate of drug-likeness (QED) is 0.189. The Kier molecular flexibility index (Phi) is 12.1. The van der Waals surface area contributed by atoms with Gasteiger partial charge in [0.1, 0.15) is 36.4 Å². The van der Waals surface area contributed by atoms with Gasteiger partial charge in [0, 0.05) is 18.9 Å². The van der Waals surface area contributed by atoms with Crippen LogP contribution < -0.4 is 21.7 Å². The summed E-state index contributed by atoms with van der Waals surface area (Å²) >= 11 is 0. The van der Waals surface area contributed by atoms with Gasteiger partial charge in [-0.15, -0.1) is 0 Å². The Balaban J connectivity index is 1.45. The van der Waals surface area contributed by atoms with Gasteiger partial charge in [-0.25, -0.2) is 0 Å². The number of nitrogens with one attached hydrogen (secondary N) is 3. The molecule has 13 heteroatoms. The summed E-state index contributed by atoms with van der Waals surface area (Å²) < 4.78 is 24.4. The Hall–Kier alpha value is -3.88. The van der Waals surface area contributed by atoms with Crippen LogP contribution in [0.2, 0.25) is 0 Å². The van der Waals surface area contributed by atoms with Gasteiger partial charge in [0.2, 0.25) is 17.7 Å². The van der Waals surface area contributed by atoms with Crippen molar-refractivity contribution < 1.29 is 43.2 Å². The van der Waals surface area contributed by atoms with Crippen molar-refractivity contribution in [2.24, 2.45) is 11.7 Å². The van der Waals surface area contributed by atoms with Crippen LogP contribution in [0.3, 0.4) is 0 Å². The van der Waals surface area contributed by atoms with E-state index in [2.05, 4.69) is 16.0 Å². The maximum atomic E-state index is 13.6. The maximum Gasteiger partial charge on any atom is 0.325 e. The average molecular weight is 655 g/mol. The number of fused-ring (bicyclic) bond motifs is 1. The molecule has 2 aromatic carbocycles. The standard InChI is InChI=1S/C34H46N4O9/c1-19(2)26(31(41)36-20(3)32(42)43)38-30(40)24(16-21-12-8-6-9-13-21)37-25(39)17-23(35)27-28(44-18-22-14-10-7-11-15-22)29-33(45-27)47-34(4,5)46-29/h6-15,19-20,23-24,26-29,33H,16-18,35H2,1-5H3,(H,36,41)(H,37,39)(H,38,40)(H,42,43)/t20-,23-,24-,26-,27?,28-,29+,33+/m0/s1. The Morgan fingerprint density at radius 3 is 2.11 bits per heavy atom. The summed E-state index contributed by atoms with van der Waals surface area (Å²) in [5.74, 6) is -4.22. The predicted molar refractivity (Wildman–Crippen MR) is 170 cm³/mol. The number of aliphatic carboxylic acids is 1. The van der Waals surface area contributed by atoms with Crippen LogP contribution in [0.4, 0.5) is 0 Å². The second kappa shape index (κ2) is 15.8. The number of carboxylic acid groups (broad SMARTS) is 1. The van der Waals surface area contributed by atoms with E-state index in [1.165, 1.54) is 6.92 Å². The fourth-order valence-corrected chi connectivity index (χ4v) is 5.60. The average Bonchev–Trinajstić information content (AvgIpc) is 3.50. The molecule has 47 heavy (non-hydrogen) atoms. The Labute approximate surface area is 274 Å². The van der Waals surface area contributed by atoms with Gasteiger partial charge in [-0.3, -0.25) is 19.2 Å². The van der Waals surface area contributed by atoms with E-state index in [9.17, 15) is 24.3 Å². The molecule has 8 atom stereocenters. The number of carbonyl (C=O) groups is 4. The Morgan fingerprint density at radius 1 is 0.894 bits per heavy atom. The summed E-state index contributed by atoms with van der Waals surface area (Å²) in [7, 11) is 0. The molecule has 0 bridgehead atoms. The van der Waals surface area contributed by atoms with E-state index in [1.807, 2.05) is 60.7 Å². The zero-order valence-electron chi connectivity index (χ0n) is 27.4. The lowest BCUT2D eigenvalue weighted by atomic mass is 9.99. The van der Waals surface area contributed by atoms with Crippen LogP contribution in [0.25, 0.3) is 0 Å². The minimum atomic E-state index is -1.21. The lowest BCUT2D eigenvalue weighted by molar-refractivity contribution is -0.221. The van der Waals surface area contributed by atoms with Gasteiger partial charge < -0.3 is 45.7 Å². The van der Waals surface area contributed by atoms with E-state index >= 15 is 0 Å². The van der Waals surface area contributed by atoms with E-state index in [0.29, 0.717) is 0 Å². The molecule has 3 amide bonds. The lowest BCUT2D eigenvalue weighted by Gasteiger charge is -2.29. The van der Waals surface area contributed by atoms with E-state index < -0.39 is 78.2 Å². The van der Waals surface area contributed by atoms with Gasteiger partial charge in [0.15, 0.2) is 12.1 Å². The molecule has 0 spiro atoms. The number of carboxylic acids is 1. The first kappa shape index (κ1) is 36.0. The number of hydrogen-bond donors (Lipinski definition) is 5. The highest BCUT2D eigenvalue weighted by molar-refractivity contribution is 5.93. The van der Waals surface area contributed by atoms with Crippen molar-refractivity contribution in [2.75, 3.05) is 0 Å². The zero-order chi connectivity index (χ0) is 34.3. The SMILES string of the molecule is CC(C)[C@H](NC(=O)[C@H](Cc1ccccc1)NC(=O)C[C@H](N)C1O[C@@H]2OC(C)(C)O[C@@H]2[C@H]1OCc1ccccc1)C(=O)N[C@@H](C)C(=O)O. The maximum absolute atomic E-state index is 13.6. The molecule has 13 nitrogen and oxygen atoms in total. The first-order valence-corrected chi connectivity index (χ1v) is 15.8. The zero-order valence-corrected chi connectivity index (χ0v) is 27.4. The van der Waals surface area contributed by atoms with Gasteiger partial charge in [-0.1, -0.05) is 74.5 Å². The first-order chi connectivity index (χ1) is 22.2. The van der Waals surface area contributed by atoms with Crippen molar-refractivity contribution in [1.82, 2.24) is 16.0 Å². The molecule has 0 aliphatic carbocycles. The van der Waals surface area contributed by atoms with Crippen molar-refractivity contribution in [3.05, 3.63) is 71.8 Å². The van der Waals surface area contributed by atoms with E-state index in [4.69, 9.17) is 24.7 Å². The van der Waals surface area contributed by atoms with Gasteiger partial charge >= 0.3 is 5.97 Å². The smallest absolute Gasteiger partial charge is 0.325 e. The monoisotopic (exact) mass is 654 g/mol. The first-order valence-electron chi connectivity index (χ1n) is 15.8. The van der Waals surface area contributed by atoms with Crippen molar-refractivity contribution in [1.29, 1.82) is 0 Å². The van der Waals surface area contributed by atoms with E-state index in [-0.39, 0.29) is 25.4 Å². The normalized spacial score (nSPS) is 24.1. The number of rotatable bonds is 15. The fourth-order valence-electron chi connectivity index (χ4n) is 5.60. The molecule has 2 fully saturated rings. The van der Waals surface area contributed by atoms with Crippen LogP contribution in [-0.4, -0.2) is 83.4 Å². The third-order valence-corrected chi connectivity index (χ3v) is 8.07. The van der Waals surface area contributed by atoms with Crippen LogP contribution in [0.5, 0.6) is 0 Å². The van der Waals surface area contributed by atoms with Crippen LogP contribution in [-0.2, 0) is 51.2 Å². The van der Waals surface area contributed by atoms with Gasteiger partial charge in [-0.05, 0) is 37.8 Å². The Bertz CT molecular complexity index is 1370. The lowest BCUT2D eigenvalue weighted by Crippen LogP contribution is -2.58. The van der Waals surface area contributed by atoms with Crippen LogP contribution in [0, 0.1) is 5.92 Å². The highest BCUT2D eigenvalue weighted by Gasteiger charge is 2.56. The summed E-state index contributed by atoms with van der Waals surface area (Å²) in [5.41, 5.74) is 8.29. The third kappa shape index (κ3) is 9.81. The minimum Gasteiger partial charge on any atom is -0.480 e. The molecule has 2 aliphatic rings. The molecular formula is C34H46N4O9. The number of hydrogen-bond acceptors (Lipinski definition) is 9. The predicted octanol–water partition coefficient (Wildman–Crippen LogP) is 1.62. The Morgan fingerprint density at radius 2 is 1.51 bits per heavy atom. The van der Waals surface area contributed by atoms with Crippen LogP contribution in [0.15, 0.2) is 60.7 Å². The third-order valence-electron chi connectivity index (χ3n) is 8.07. The van der Waals surface area contributed by atoms with Gasteiger partial charge in [0.05, 0.1) is 6.61 Å². The molecule has 2 heterocycles. The minimum absolute atomic E-state index is 0.134. The largest absolute Gasteiger partial charge is 0.480 e. The fraction of sp³-hybridized carbons (Fsp3) is 0.529. The highest BCUT2D eigenvalue weighted by Crippen LogP contribution is 2.40. The van der Waals surface area contributed by atoms with Crippen LogP contribution >= 0.6 is 0 Å². The van der Waals surface area contributed by atoms with E-state index in [0.717, 1.165) is 11.1 Å². The van der Waals surface area contributed by atoms with Crippen LogP contribution in [0.1, 0.15) is 52.2 Å². The molecule has 4 rings (SSSR count). The van der Waals surface area contributed by atoms with Gasteiger partial charge in [-0.2, -0.15) is 0 Å². The second-order valence-electron chi connectivity index (χ2n) is 12.8. The molecule has 0 radical (unpaired) electrons. The molecule has 2 saturated heterocycles. The second-order valence-corrected chi connectivity index (χ2v) is 12.8. The van der Waals surface area contributed by atoms with E-state index in [1.54, 1.807) is 27.7 Å². The van der Waals surface area contributed by atoms with Crippen molar-refractivity contribution >= 4 is 23.7 Å². The summed E-state index contributed by atoms with van der Waals surface area (Å²) in [6.45, 7) is 8.61. The summed E-state index contributed by atoms with van der Waals surface area (Å²) in [4.78, 5) is 51.2. The van der Waals surface area contributed by atoms with Crippen molar-refractivity contribution in [3.8, 4) is 0 Å². The molecule has 0 aromatic heterocycles. The number of carbonyl (C=O) groups excluding carboxylic acids is 3. The van der Waals surface area contributed by atoms with Crippen molar-refractivity contribution in [2.45, 2.75) is 109 Å². The number of ether oxygens (including phenoxy) is 4. The summed E-state index contributed by atoms with van der Waals surface area (Å²) in [6, 6.07) is 14.6.